The average Bonchev–Trinajstić information content (AvgIpc) is 2.78. The molecule has 0 unspecified atom stereocenters. The van der Waals surface area contributed by atoms with E-state index in [1.165, 1.54) is 0 Å². The van der Waals surface area contributed by atoms with E-state index in [1.54, 1.807) is 19.2 Å². The monoisotopic (exact) mass is 426 g/mol. The van der Waals surface area contributed by atoms with Crippen LogP contribution >= 0.6 is 0 Å². The summed E-state index contributed by atoms with van der Waals surface area (Å²) in [7, 11) is 1.64. The van der Waals surface area contributed by atoms with Crippen LogP contribution in [0.15, 0.2) is 42.5 Å². The fourth-order valence-corrected chi connectivity index (χ4v) is 4.13. The van der Waals surface area contributed by atoms with Crippen LogP contribution in [-0.2, 0) is 4.74 Å². The molecule has 31 heavy (non-hydrogen) atoms. The van der Waals surface area contributed by atoms with Gasteiger partial charge in [0.25, 0.3) is 5.91 Å². The van der Waals surface area contributed by atoms with Crippen molar-refractivity contribution in [3.05, 3.63) is 48.0 Å². The van der Waals surface area contributed by atoms with Gasteiger partial charge >= 0.3 is 0 Å². The summed E-state index contributed by atoms with van der Waals surface area (Å²) in [4.78, 5) is 15.8. The van der Waals surface area contributed by atoms with Gasteiger partial charge < -0.3 is 24.8 Å². The van der Waals surface area contributed by atoms with Crippen LogP contribution in [0.4, 0.5) is 0 Å². The van der Waals surface area contributed by atoms with E-state index in [9.17, 15) is 9.90 Å². The van der Waals surface area contributed by atoms with Gasteiger partial charge in [0.15, 0.2) is 11.5 Å². The summed E-state index contributed by atoms with van der Waals surface area (Å²) in [5.74, 6) is 0.317. The van der Waals surface area contributed by atoms with Crippen molar-refractivity contribution in [3.63, 3.8) is 0 Å². The molecule has 1 heterocycles. The summed E-state index contributed by atoms with van der Waals surface area (Å²) in [5, 5.41) is 14.0. The number of methoxy groups -OCH3 is 1. The molecule has 1 aliphatic rings. The van der Waals surface area contributed by atoms with E-state index in [0.29, 0.717) is 36.5 Å². The number of nitrogens with one attached hydrogen (secondary N) is 1. The van der Waals surface area contributed by atoms with Gasteiger partial charge in [0.1, 0.15) is 0 Å². The molecule has 1 atom stereocenters. The lowest BCUT2D eigenvalue weighted by atomic mass is 9.96. The lowest BCUT2D eigenvalue weighted by molar-refractivity contribution is 0.0574. The van der Waals surface area contributed by atoms with Gasteiger partial charge in [-0.05, 0) is 56.5 Å². The van der Waals surface area contributed by atoms with Crippen LogP contribution in [0.5, 0.6) is 11.5 Å². The molecule has 0 bridgehead atoms. The lowest BCUT2D eigenvalue weighted by Crippen LogP contribution is -2.51. The summed E-state index contributed by atoms with van der Waals surface area (Å²) in [6.45, 7) is 6.87. The quantitative estimate of drug-likeness (QED) is 0.592. The number of hydrogen-bond acceptors (Lipinski definition) is 5. The largest absolute Gasteiger partial charge is 0.504 e. The maximum Gasteiger partial charge on any atom is 0.255 e. The number of rotatable bonds is 9. The second-order valence-electron chi connectivity index (χ2n) is 8.23. The zero-order valence-electron chi connectivity index (χ0n) is 18.8. The molecule has 0 aliphatic carbocycles. The molecule has 2 aromatic rings. The molecule has 1 aliphatic heterocycles. The van der Waals surface area contributed by atoms with Crippen LogP contribution in [-0.4, -0.2) is 61.4 Å². The van der Waals surface area contributed by atoms with Crippen molar-refractivity contribution in [2.75, 3.05) is 33.4 Å². The number of piperidine rings is 1. The number of amides is 1. The Bertz CT molecular complexity index is 848. The Morgan fingerprint density at radius 2 is 2.00 bits per heavy atom. The number of ether oxygens (including phenoxy) is 2. The Morgan fingerprint density at radius 3 is 2.65 bits per heavy atom. The number of phenolic OH excluding ortho intramolecular Hbond substituents is 1. The Balaban J connectivity index is 2.00. The van der Waals surface area contributed by atoms with Gasteiger partial charge in [-0.25, -0.2) is 0 Å². The van der Waals surface area contributed by atoms with Gasteiger partial charge in [-0.1, -0.05) is 30.3 Å². The van der Waals surface area contributed by atoms with Crippen LogP contribution in [0, 0.1) is 0 Å². The van der Waals surface area contributed by atoms with Crippen LogP contribution in [0.3, 0.4) is 0 Å². The van der Waals surface area contributed by atoms with Crippen LogP contribution in [0.2, 0.25) is 0 Å². The van der Waals surface area contributed by atoms with Gasteiger partial charge in [-0.15, -0.1) is 0 Å². The second-order valence-corrected chi connectivity index (χ2v) is 8.23. The van der Waals surface area contributed by atoms with Gasteiger partial charge in [0, 0.05) is 38.8 Å². The second kappa shape index (κ2) is 11.2. The highest BCUT2D eigenvalue weighted by Crippen LogP contribution is 2.36. The smallest absolute Gasteiger partial charge is 0.255 e. The predicted molar refractivity (Wildman–Crippen MR) is 123 cm³/mol. The molecule has 6 nitrogen and oxygen atoms in total. The van der Waals surface area contributed by atoms with E-state index in [0.717, 1.165) is 31.5 Å². The molecule has 0 aromatic heterocycles. The number of hydrogen-bond donors (Lipinski definition) is 2. The minimum absolute atomic E-state index is 0.0308. The molecule has 0 saturated carbocycles. The molecular weight excluding hydrogens is 392 g/mol. The number of phenols is 1. The van der Waals surface area contributed by atoms with Crippen molar-refractivity contribution in [3.8, 4) is 22.6 Å². The third-order valence-corrected chi connectivity index (χ3v) is 5.62. The minimum Gasteiger partial charge on any atom is -0.504 e. The van der Waals surface area contributed by atoms with E-state index < -0.39 is 0 Å². The van der Waals surface area contributed by atoms with E-state index in [4.69, 9.17) is 9.47 Å². The van der Waals surface area contributed by atoms with Crippen molar-refractivity contribution in [2.45, 2.75) is 45.2 Å². The third kappa shape index (κ3) is 5.77. The minimum atomic E-state index is -0.0377. The highest BCUT2D eigenvalue weighted by Gasteiger charge is 2.30. The first-order chi connectivity index (χ1) is 15.0. The topological polar surface area (TPSA) is 71.0 Å². The van der Waals surface area contributed by atoms with E-state index >= 15 is 0 Å². The zero-order chi connectivity index (χ0) is 22.2. The summed E-state index contributed by atoms with van der Waals surface area (Å²) in [6.07, 6.45) is 2.73. The standard InChI is InChI=1S/C25H34N2O4/c1-18(2)27(20-11-7-12-26-17-20)25(29)22-16-24(31-14-8-13-30-3)23(28)15-21(22)19-9-5-4-6-10-19/h4-6,9-10,15-16,18,20,26,28H,7-8,11-14,17H2,1-3H3/t20-/m1/s1. The molecular formula is C25H34N2O4. The zero-order valence-corrected chi connectivity index (χ0v) is 18.8. The first-order valence-electron chi connectivity index (χ1n) is 11.1. The van der Waals surface area contributed by atoms with E-state index in [-0.39, 0.29) is 23.7 Å². The normalized spacial score (nSPS) is 16.3. The van der Waals surface area contributed by atoms with Crippen molar-refractivity contribution in [2.24, 2.45) is 0 Å². The molecule has 2 aromatic carbocycles. The fourth-order valence-electron chi connectivity index (χ4n) is 4.13. The van der Waals surface area contributed by atoms with Gasteiger partial charge in [-0.2, -0.15) is 0 Å². The maximum absolute atomic E-state index is 13.9. The molecule has 0 radical (unpaired) electrons. The summed E-state index contributed by atoms with van der Waals surface area (Å²) in [6, 6.07) is 13.2. The first kappa shape index (κ1) is 23.1. The van der Waals surface area contributed by atoms with Crippen molar-refractivity contribution in [1.29, 1.82) is 0 Å². The molecule has 168 valence electrons. The summed E-state index contributed by atoms with van der Waals surface area (Å²) >= 11 is 0. The average molecular weight is 427 g/mol. The van der Waals surface area contributed by atoms with Crippen LogP contribution in [0.1, 0.15) is 43.5 Å². The number of benzene rings is 2. The highest BCUT2D eigenvalue weighted by atomic mass is 16.5. The van der Waals surface area contributed by atoms with E-state index in [1.807, 2.05) is 35.2 Å². The number of carbonyl (C=O) groups excluding carboxylic acids is 1. The third-order valence-electron chi connectivity index (χ3n) is 5.62. The molecule has 2 N–H and O–H groups in total. The number of nitrogens with zero attached hydrogens (tertiary/aromatic N) is 1. The van der Waals surface area contributed by atoms with E-state index in [2.05, 4.69) is 19.2 Å². The molecule has 1 saturated heterocycles. The van der Waals surface area contributed by atoms with Crippen molar-refractivity contribution >= 4 is 5.91 Å². The predicted octanol–water partition coefficient (Wildman–Crippen LogP) is 4.08. The Hall–Kier alpha value is -2.57. The highest BCUT2D eigenvalue weighted by molar-refractivity contribution is 6.02. The molecule has 0 spiro atoms. The van der Waals surface area contributed by atoms with Crippen molar-refractivity contribution < 1.29 is 19.4 Å². The summed E-state index contributed by atoms with van der Waals surface area (Å²) < 4.78 is 10.9. The molecule has 1 amide bonds. The molecule has 1 fully saturated rings. The van der Waals surface area contributed by atoms with Crippen LogP contribution in [0.25, 0.3) is 11.1 Å². The Morgan fingerprint density at radius 1 is 1.23 bits per heavy atom. The maximum atomic E-state index is 13.9. The first-order valence-corrected chi connectivity index (χ1v) is 11.1. The van der Waals surface area contributed by atoms with Gasteiger partial charge in [0.2, 0.25) is 0 Å². The number of carbonyl (C=O) groups is 1. The molecule has 6 heteroatoms. The van der Waals surface area contributed by atoms with Crippen LogP contribution < -0.4 is 10.1 Å². The Kier molecular flexibility index (Phi) is 8.32. The number of aromatic hydroxyl groups is 1. The molecule has 3 rings (SSSR count). The van der Waals surface area contributed by atoms with Gasteiger partial charge in [0.05, 0.1) is 12.2 Å². The van der Waals surface area contributed by atoms with Crippen molar-refractivity contribution in [1.82, 2.24) is 10.2 Å². The SMILES string of the molecule is COCCCOc1cc(C(=O)N(C(C)C)[C@@H]2CCCNC2)c(-c2ccccc2)cc1O. The Labute approximate surface area is 185 Å². The lowest BCUT2D eigenvalue weighted by Gasteiger charge is -2.38. The fraction of sp³-hybridized carbons (Fsp3) is 0.480. The van der Waals surface area contributed by atoms with Gasteiger partial charge in [-0.3, -0.25) is 4.79 Å². The summed E-state index contributed by atoms with van der Waals surface area (Å²) in [5.41, 5.74) is 2.14.